The van der Waals surface area contributed by atoms with Crippen LogP contribution in [0, 0.1) is 6.92 Å². The van der Waals surface area contributed by atoms with Crippen LogP contribution in [0.15, 0.2) is 24.0 Å². The van der Waals surface area contributed by atoms with E-state index in [1.54, 1.807) is 46.6 Å². The Labute approximate surface area is 193 Å². The number of carbonyl (C=O) groups is 1. The predicted molar refractivity (Wildman–Crippen MR) is 123 cm³/mol. The smallest absolute Gasteiger partial charge is 0.232 e. The van der Waals surface area contributed by atoms with E-state index >= 15 is 0 Å². The summed E-state index contributed by atoms with van der Waals surface area (Å²) in [5.41, 5.74) is 2.93. The summed E-state index contributed by atoms with van der Waals surface area (Å²) in [4.78, 5) is 15.5. The normalized spacial score (nSPS) is 16.2. The summed E-state index contributed by atoms with van der Waals surface area (Å²) in [7, 11) is 6.33. The standard InChI is InChI=1S/C25H29NO7/c1-15-11-19-17(13-26(14-32-19)9-6-10-28-2)24-21(15)22(27)20(33-24)12-16-7-8-18(29-3)25(31-5)23(16)30-4/h7-8,11-12H,6,9-10,13-14H2,1-5H3/b20-12-. The Morgan fingerprint density at radius 1 is 1.09 bits per heavy atom. The summed E-state index contributed by atoms with van der Waals surface area (Å²) in [6.45, 7) is 4.55. The third-order valence-electron chi connectivity index (χ3n) is 5.83. The molecule has 8 heteroatoms. The molecule has 2 aromatic rings. The number of carbonyl (C=O) groups excluding carboxylic acids is 1. The van der Waals surface area contributed by atoms with Crippen LogP contribution in [0.2, 0.25) is 0 Å². The van der Waals surface area contributed by atoms with Crippen LogP contribution in [0.5, 0.6) is 28.7 Å². The lowest BCUT2D eigenvalue weighted by Crippen LogP contribution is -2.33. The molecular formula is C25H29NO7. The fourth-order valence-corrected chi connectivity index (χ4v) is 4.23. The number of hydrogen-bond acceptors (Lipinski definition) is 8. The molecular weight excluding hydrogens is 426 g/mol. The highest BCUT2D eigenvalue weighted by atomic mass is 16.5. The van der Waals surface area contributed by atoms with Crippen LogP contribution in [0.4, 0.5) is 0 Å². The molecule has 2 heterocycles. The maximum absolute atomic E-state index is 13.3. The number of Topliss-reactive ketones (excluding diaryl/α,β-unsaturated/α-hetero) is 1. The van der Waals surface area contributed by atoms with Crippen molar-refractivity contribution in [3.63, 3.8) is 0 Å². The monoisotopic (exact) mass is 455 g/mol. The Hall–Kier alpha value is -3.23. The summed E-state index contributed by atoms with van der Waals surface area (Å²) in [6, 6.07) is 5.48. The third kappa shape index (κ3) is 4.24. The molecule has 0 saturated carbocycles. The minimum Gasteiger partial charge on any atom is -0.493 e. The quantitative estimate of drug-likeness (QED) is 0.439. The van der Waals surface area contributed by atoms with Gasteiger partial charge in [-0.2, -0.15) is 0 Å². The number of methoxy groups -OCH3 is 4. The summed E-state index contributed by atoms with van der Waals surface area (Å²) in [6.07, 6.45) is 2.57. The van der Waals surface area contributed by atoms with Gasteiger partial charge in [-0.05, 0) is 43.2 Å². The topological polar surface area (TPSA) is 75.7 Å². The average Bonchev–Trinajstić information content (AvgIpc) is 3.15. The summed E-state index contributed by atoms with van der Waals surface area (Å²) in [5.74, 6) is 2.83. The molecule has 2 aliphatic heterocycles. The molecule has 2 aromatic carbocycles. The second kappa shape index (κ2) is 9.72. The lowest BCUT2D eigenvalue weighted by atomic mass is 9.98. The molecule has 4 rings (SSSR count). The molecule has 0 spiro atoms. The number of ketones is 1. The van der Waals surface area contributed by atoms with Gasteiger partial charge in [0.15, 0.2) is 17.3 Å². The molecule has 0 bridgehead atoms. The van der Waals surface area contributed by atoms with Gasteiger partial charge >= 0.3 is 0 Å². The van der Waals surface area contributed by atoms with Crippen molar-refractivity contribution < 1.29 is 33.2 Å². The van der Waals surface area contributed by atoms with E-state index in [0.717, 1.165) is 29.8 Å². The fourth-order valence-electron chi connectivity index (χ4n) is 4.23. The minimum atomic E-state index is -0.168. The molecule has 33 heavy (non-hydrogen) atoms. The van der Waals surface area contributed by atoms with Gasteiger partial charge in [0, 0.05) is 32.4 Å². The Balaban J connectivity index is 1.69. The van der Waals surface area contributed by atoms with Crippen molar-refractivity contribution in [2.75, 3.05) is 48.3 Å². The Kier molecular flexibility index (Phi) is 6.76. The van der Waals surface area contributed by atoms with E-state index in [1.807, 2.05) is 13.0 Å². The summed E-state index contributed by atoms with van der Waals surface area (Å²) in [5, 5.41) is 0. The molecule has 0 N–H and O–H groups in total. The van der Waals surface area contributed by atoms with Crippen molar-refractivity contribution in [2.45, 2.75) is 19.9 Å². The third-order valence-corrected chi connectivity index (χ3v) is 5.83. The lowest BCUT2D eigenvalue weighted by Gasteiger charge is -2.30. The second-order valence-electron chi connectivity index (χ2n) is 7.91. The average molecular weight is 456 g/mol. The van der Waals surface area contributed by atoms with Gasteiger partial charge in [-0.25, -0.2) is 0 Å². The van der Waals surface area contributed by atoms with Crippen LogP contribution in [0.3, 0.4) is 0 Å². The maximum Gasteiger partial charge on any atom is 0.232 e. The largest absolute Gasteiger partial charge is 0.493 e. The molecule has 0 aliphatic carbocycles. The Bertz CT molecular complexity index is 1090. The molecule has 0 fully saturated rings. The first-order valence-corrected chi connectivity index (χ1v) is 10.8. The highest BCUT2D eigenvalue weighted by Crippen LogP contribution is 2.45. The number of fused-ring (bicyclic) bond motifs is 3. The van der Waals surface area contributed by atoms with E-state index in [0.29, 0.717) is 54.0 Å². The van der Waals surface area contributed by atoms with E-state index < -0.39 is 0 Å². The van der Waals surface area contributed by atoms with Crippen molar-refractivity contribution in [3.05, 3.63) is 46.2 Å². The summed E-state index contributed by atoms with van der Waals surface area (Å²) >= 11 is 0. The van der Waals surface area contributed by atoms with Crippen LogP contribution in [-0.4, -0.2) is 59.0 Å². The molecule has 0 amide bonds. The highest BCUT2D eigenvalue weighted by molar-refractivity contribution is 6.16. The van der Waals surface area contributed by atoms with Crippen molar-refractivity contribution in [1.82, 2.24) is 4.90 Å². The van der Waals surface area contributed by atoms with Gasteiger partial charge in [0.2, 0.25) is 11.5 Å². The van der Waals surface area contributed by atoms with Gasteiger partial charge < -0.3 is 28.4 Å². The number of rotatable bonds is 8. The van der Waals surface area contributed by atoms with Crippen LogP contribution in [0.25, 0.3) is 6.08 Å². The molecule has 0 unspecified atom stereocenters. The zero-order chi connectivity index (χ0) is 23.5. The number of allylic oxidation sites excluding steroid dienone is 1. The van der Waals surface area contributed by atoms with Gasteiger partial charge in [0.05, 0.1) is 32.5 Å². The van der Waals surface area contributed by atoms with Crippen LogP contribution in [0.1, 0.15) is 33.5 Å². The minimum absolute atomic E-state index is 0.168. The molecule has 0 atom stereocenters. The highest BCUT2D eigenvalue weighted by Gasteiger charge is 2.35. The van der Waals surface area contributed by atoms with Crippen LogP contribution >= 0.6 is 0 Å². The lowest BCUT2D eigenvalue weighted by molar-refractivity contribution is 0.0822. The van der Waals surface area contributed by atoms with E-state index in [1.165, 1.54) is 0 Å². The molecule has 8 nitrogen and oxygen atoms in total. The van der Waals surface area contributed by atoms with Crippen LogP contribution < -0.4 is 23.7 Å². The number of aryl methyl sites for hydroxylation is 1. The maximum atomic E-state index is 13.3. The van der Waals surface area contributed by atoms with Crippen LogP contribution in [-0.2, 0) is 11.3 Å². The zero-order valence-electron chi connectivity index (χ0n) is 19.6. The van der Waals surface area contributed by atoms with E-state index in [4.69, 9.17) is 28.4 Å². The van der Waals surface area contributed by atoms with Crippen molar-refractivity contribution in [2.24, 2.45) is 0 Å². The number of ether oxygens (including phenoxy) is 6. The van der Waals surface area contributed by atoms with Gasteiger partial charge in [-0.3, -0.25) is 9.69 Å². The fraction of sp³-hybridized carbons (Fsp3) is 0.400. The van der Waals surface area contributed by atoms with E-state index in [2.05, 4.69) is 4.90 Å². The molecule has 0 aromatic heterocycles. The first-order valence-electron chi connectivity index (χ1n) is 10.8. The summed E-state index contributed by atoms with van der Waals surface area (Å²) < 4.78 is 33.7. The molecule has 176 valence electrons. The van der Waals surface area contributed by atoms with Crippen molar-refractivity contribution >= 4 is 11.9 Å². The van der Waals surface area contributed by atoms with Crippen molar-refractivity contribution in [3.8, 4) is 28.7 Å². The Morgan fingerprint density at radius 3 is 2.58 bits per heavy atom. The number of nitrogens with zero attached hydrogens (tertiary/aromatic N) is 1. The van der Waals surface area contributed by atoms with Gasteiger partial charge in [0.25, 0.3) is 0 Å². The van der Waals surface area contributed by atoms with Gasteiger partial charge in [0.1, 0.15) is 18.2 Å². The predicted octanol–water partition coefficient (Wildman–Crippen LogP) is 3.83. The second-order valence-corrected chi connectivity index (χ2v) is 7.91. The molecule has 0 radical (unpaired) electrons. The first-order chi connectivity index (χ1) is 16.0. The number of benzene rings is 2. The van der Waals surface area contributed by atoms with Gasteiger partial charge in [-0.15, -0.1) is 0 Å². The zero-order valence-corrected chi connectivity index (χ0v) is 19.6. The van der Waals surface area contributed by atoms with E-state index in [9.17, 15) is 4.79 Å². The SMILES string of the molecule is COCCCN1COc2cc(C)c3c(c2C1)O/C(=C\c1ccc(OC)c(OC)c1OC)C3=O. The van der Waals surface area contributed by atoms with Gasteiger partial charge in [-0.1, -0.05) is 0 Å². The Morgan fingerprint density at radius 2 is 1.88 bits per heavy atom. The number of hydrogen-bond donors (Lipinski definition) is 0. The first kappa shape index (κ1) is 22.9. The van der Waals surface area contributed by atoms with Crippen molar-refractivity contribution in [1.29, 1.82) is 0 Å². The van der Waals surface area contributed by atoms with E-state index in [-0.39, 0.29) is 11.5 Å². The molecule has 0 saturated heterocycles. The molecule has 2 aliphatic rings.